The van der Waals surface area contributed by atoms with Gasteiger partial charge in [0.1, 0.15) is 17.1 Å². The van der Waals surface area contributed by atoms with Gasteiger partial charge in [-0.3, -0.25) is 4.79 Å². The molecule has 0 aliphatic rings. The molecule has 1 N–H and O–H groups in total. The molecule has 3 aromatic rings. The van der Waals surface area contributed by atoms with Gasteiger partial charge in [0.2, 0.25) is 0 Å². The number of hydrogen-bond acceptors (Lipinski definition) is 4. The lowest BCUT2D eigenvalue weighted by Gasteiger charge is -2.18. The highest BCUT2D eigenvalue weighted by Crippen LogP contribution is 2.30. The summed E-state index contributed by atoms with van der Waals surface area (Å²) in [6.45, 7) is 3.78. The van der Waals surface area contributed by atoms with Crippen molar-refractivity contribution in [2.45, 2.75) is 19.9 Å². The molecule has 2 aromatic carbocycles. The summed E-state index contributed by atoms with van der Waals surface area (Å²) in [5, 5.41) is 3.92. The van der Waals surface area contributed by atoms with E-state index in [0.29, 0.717) is 22.8 Å². The fourth-order valence-electron chi connectivity index (χ4n) is 2.91. The molecule has 0 saturated carbocycles. The smallest absolute Gasteiger partial charge is 0.287 e. The summed E-state index contributed by atoms with van der Waals surface area (Å²) in [6.07, 6.45) is 0. The van der Waals surface area contributed by atoms with Crippen LogP contribution in [0, 0.1) is 6.92 Å². The van der Waals surface area contributed by atoms with Gasteiger partial charge in [-0.15, -0.1) is 0 Å². The zero-order valence-electron chi connectivity index (χ0n) is 14.8. The predicted octanol–water partition coefficient (Wildman–Crippen LogP) is 4.25. The van der Waals surface area contributed by atoms with Crippen LogP contribution in [0.5, 0.6) is 11.5 Å². The zero-order chi connectivity index (χ0) is 18.0. The van der Waals surface area contributed by atoms with E-state index in [2.05, 4.69) is 5.32 Å². The third-order valence-corrected chi connectivity index (χ3v) is 4.30. The Morgan fingerprint density at radius 3 is 2.56 bits per heavy atom. The summed E-state index contributed by atoms with van der Waals surface area (Å²) in [7, 11) is 3.20. The molecule has 1 atom stereocenters. The Balaban J connectivity index is 1.88. The van der Waals surface area contributed by atoms with Crippen molar-refractivity contribution in [3.8, 4) is 11.5 Å². The second kappa shape index (κ2) is 6.89. The van der Waals surface area contributed by atoms with Gasteiger partial charge in [0, 0.05) is 16.5 Å². The van der Waals surface area contributed by atoms with Crippen LogP contribution in [0.25, 0.3) is 11.0 Å². The first-order valence-corrected chi connectivity index (χ1v) is 8.06. The van der Waals surface area contributed by atoms with Crippen molar-refractivity contribution in [1.29, 1.82) is 0 Å². The summed E-state index contributed by atoms with van der Waals surface area (Å²) < 4.78 is 16.4. The Bertz CT molecular complexity index is 913. The van der Waals surface area contributed by atoms with Crippen LogP contribution in [0.1, 0.15) is 34.6 Å². The molecular weight excluding hydrogens is 318 g/mol. The number of fused-ring (bicyclic) bond motifs is 1. The lowest BCUT2D eigenvalue weighted by atomic mass is 10.1. The molecular formula is C20H21NO4. The number of carbonyl (C=O) groups excluding carboxylic acids is 1. The fourth-order valence-corrected chi connectivity index (χ4v) is 2.91. The number of benzene rings is 2. The van der Waals surface area contributed by atoms with Crippen molar-refractivity contribution in [1.82, 2.24) is 5.32 Å². The van der Waals surface area contributed by atoms with Crippen molar-refractivity contribution < 1.29 is 18.7 Å². The molecule has 0 saturated heterocycles. The maximum atomic E-state index is 12.7. The van der Waals surface area contributed by atoms with Crippen LogP contribution in [0.4, 0.5) is 0 Å². The van der Waals surface area contributed by atoms with Gasteiger partial charge in [-0.05, 0) is 38.1 Å². The number of aryl methyl sites for hydroxylation is 1. The van der Waals surface area contributed by atoms with E-state index in [-0.39, 0.29) is 11.9 Å². The molecule has 25 heavy (non-hydrogen) atoms. The first-order valence-electron chi connectivity index (χ1n) is 8.06. The molecule has 0 spiro atoms. The molecule has 0 unspecified atom stereocenters. The number of carbonyl (C=O) groups is 1. The molecule has 3 rings (SSSR count). The van der Waals surface area contributed by atoms with Gasteiger partial charge in [-0.25, -0.2) is 0 Å². The molecule has 5 heteroatoms. The summed E-state index contributed by atoms with van der Waals surface area (Å²) in [5.41, 5.74) is 2.37. The van der Waals surface area contributed by atoms with E-state index in [1.54, 1.807) is 14.2 Å². The maximum absolute atomic E-state index is 12.7. The fraction of sp³-hybridized carbons (Fsp3) is 0.250. The molecule has 0 aliphatic heterocycles. The monoisotopic (exact) mass is 339 g/mol. The first-order chi connectivity index (χ1) is 12.0. The zero-order valence-corrected chi connectivity index (χ0v) is 14.8. The van der Waals surface area contributed by atoms with Crippen molar-refractivity contribution in [2.24, 2.45) is 0 Å². The Kier molecular flexibility index (Phi) is 4.65. The minimum absolute atomic E-state index is 0.258. The van der Waals surface area contributed by atoms with Gasteiger partial charge in [-0.1, -0.05) is 18.2 Å². The number of nitrogens with one attached hydrogen (secondary N) is 1. The van der Waals surface area contributed by atoms with Crippen molar-refractivity contribution in [2.75, 3.05) is 14.2 Å². The van der Waals surface area contributed by atoms with Crippen LogP contribution in [0.3, 0.4) is 0 Å². The Morgan fingerprint density at radius 2 is 1.88 bits per heavy atom. The molecule has 0 fully saturated rings. The Morgan fingerprint density at radius 1 is 1.12 bits per heavy atom. The molecule has 0 bridgehead atoms. The molecule has 0 radical (unpaired) electrons. The van der Waals surface area contributed by atoms with Crippen LogP contribution in [-0.2, 0) is 0 Å². The number of furan rings is 1. The molecule has 1 aromatic heterocycles. The third-order valence-electron chi connectivity index (χ3n) is 4.30. The van der Waals surface area contributed by atoms with Gasteiger partial charge in [-0.2, -0.15) is 0 Å². The number of ether oxygens (including phenoxy) is 2. The SMILES string of the molecule is COc1ccc(OC)c([C@H](C)NC(=O)c2oc3ccccc3c2C)c1. The summed E-state index contributed by atoms with van der Waals surface area (Å²) in [5.74, 6) is 1.47. The minimum atomic E-state index is -0.273. The van der Waals surface area contributed by atoms with E-state index < -0.39 is 0 Å². The molecule has 1 amide bonds. The van der Waals surface area contributed by atoms with E-state index in [4.69, 9.17) is 13.9 Å². The quantitative estimate of drug-likeness (QED) is 0.755. The highest BCUT2D eigenvalue weighted by atomic mass is 16.5. The number of rotatable bonds is 5. The lowest BCUT2D eigenvalue weighted by molar-refractivity contribution is 0.0912. The highest BCUT2D eigenvalue weighted by Gasteiger charge is 2.21. The van der Waals surface area contributed by atoms with Gasteiger partial charge >= 0.3 is 0 Å². The van der Waals surface area contributed by atoms with Crippen molar-refractivity contribution in [3.05, 3.63) is 59.4 Å². The van der Waals surface area contributed by atoms with E-state index in [1.165, 1.54) is 0 Å². The van der Waals surface area contributed by atoms with Crippen LogP contribution in [0.15, 0.2) is 46.9 Å². The normalized spacial score (nSPS) is 12.0. The third kappa shape index (κ3) is 3.18. The van der Waals surface area contributed by atoms with Crippen LogP contribution in [0.2, 0.25) is 0 Å². The second-order valence-corrected chi connectivity index (χ2v) is 5.86. The topological polar surface area (TPSA) is 60.7 Å². The van der Waals surface area contributed by atoms with E-state index in [1.807, 2.05) is 56.3 Å². The second-order valence-electron chi connectivity index (χ2n) is 5.86. The largest absolute Gasteiger partial charge is 0.497 e. The van der Waals surface area contributed by atoms with Crippen molar-refractivity contribution in [3.63, 3.8) is 0 Å². The molecule has 1 heterocycles. The van der Waals surface area contributed by atoms with Gasteiger partial charge in [0.15, 0.2) is 5.76 Å². The average molecular weight is 339 g/mol. The standard InChI is InChI=1S/C20H21NO4/c1-12-15-7-5-6-8-18(15)25-19(12)20(22)21-13(2)16-11-14(23-3)9-10-17(16)24-4/h5-11,13H,1-4H3,(H,21,22)/t13-/m0/s1. The summed E-state index contributed by atoms with van der Waals surface area (Å²) in [6, 6.07) is 12.8. The summed E-state index contributed by atoms with van der Waals surface area (Å²) >= 11 is 0. The van der Waals surface area contributed by atoms with Crippen LogP contribution < -0.4 is 14.8 Å². The first kappa shape index (κ1) is 16.9. The van der Waals surface area contributed by atoms with Gasteiger partial charge in [0.05, 0.1) is 20.3 Å². The lowest BCUT2D eigenvalue weighted by Crippen LogP contribution is -2.27. The number of para-hydroxylation sites is 1. The molecule has 130 valence electrons. The number of amides is 1. The Hall–Kier alpha value is -2.95. The predicted molar refractivity (Wildman–Crippen MR) is 96.4 cm³/mol. The van der Waals surface area contributed by atoms with E-state index in [0.717, 1.165) is 16.5 Å². The van der Waals surface area contributed by atoms with Gasteiger partial charge in [0.25, 0.3) is 5.91 Å². The van der Waals surface area contributed by atoms with Crippen molar-refractivity contribution >= 4 is 16.9 Å². The number of hydrogen-bond donors (Lipinski definition) is 1. The highest BCUT2D eigenvalue weighted by molar-refractivity contribution is 5.99. The average Bonchev–Trinajstić information content (AvgIpc) is 2.98. The van der Waals surface area contributed by atoms with Crippen LogP contribution >= 0.6 is 0 Å². The van der Waals surface area contributed by atoms with Gasteiger partial charge < -0.3 is 19.2 Å². The van der Waals surface area contributed by atoms with Crippen LogP contribution in [-0.4, -0.2) is 20.1 Å². The summed E-state index contributed by atoms with van der Waals surface area (Å²) in [4.78, 5) is 12.7. The number of methoxy groups -OCH3 is 2. The molecule has 5 nitrogen and oxygen atoms in total. The molecule has 0 aliphatic carbocycles. The maximum Gasteiger partial charge on any atom is 0.287 e. The Labute approximate surface area is 146 Å². The minimum Gasteiger partial charge on any atom is -0.497 e. The van der Waals surface area contributed by atoms with E-state index >= 15 is 0 Å². The van der Waals surface area contributed by atoms with E-state index in [9.17, 15) is 4.79 Å².